The first-order chi connectivity index (χ1) is 14.4. The van der Waals surface area contributed by atoms with E-state index in [0.717, 1.165) is 31.7 Å². The molecular weight excluding hydrogens is 378 g/mol. The van der Waals surface area contributed by atoms with Gasteiger partial charge in [0.1, 0.15) is 11.5 Å². The average Bonchev–Trinajstić information content (AvgIpc) is 3.23. The highest BCUT2D eigenvalue weighted by atomic mass is 16.3. The molecule has 3 aromatic rings. The van der Waals surface area contributed by atoms with Crippen LogP contribution in [0.25, 0.3) is 0 Å². The predicted octanol–water partition coefficient (Wildman–Crippen LogP) is 3.15. The van der Waals surface area contributed by atoms with Crippen molar-refractivity contribution in [1.29, 1.82) is 0 Å². The van der Waals surface area contributed by atoms with E-state index < -0.39 is 0 Å². The number of piperazine rings is 1. The molecular formula is C24H29N3O3. The van der Waals surface area contributed by atoms with E-state index in [1.54, 1.807) is 16.9 Å². The smallest absolute Gasteiger partial charge is 0.260 e. The number of furan rings is 1. The first-order valence-corrected chi connectivity index (χ1v) is 10.4. The third-order valence-corrected chi connectivity index (χ3v) is 5.99. The molecule has 1 N–H and O–H groups in total. The van der Waals surface area contributed by atoms with Crippen LogP contribution in [0.3, 0.4) is 0 Å². The van der Waals surface area contributed by atoms with E-state index >= 15 is 0 Å². The lowest BCUT2D eigenvalue weighted by atomic mass is 9.95. The van der Waals surface area contributed by atoms with Crippen LogP contribution in [0.4, 0.5) is 0 Å². The number of hydrogen-bond acceptors (Lipinski definition) is 5. The van der Waals surface area contributed by atoms with Crippen LogP contribution in [-0.2, 0) is 6.54 Å². The fraction of sp³-hybridized carbons (Fsp3) is 0.375. The second-order valence-electron chi connectivity index (χ2n) is 8.21. The number of aryl methyl sites for hydroxylation is 2. The average molecular weight is 408 g/mol. The van der Waals surface area contributed by atoms with Gasteiger partial charge < -0.3 is 19.0 Å². The number of aromatic nitrogens is 1. The molecule has 3 heterocycles. The predicted molar refractivity (Wildman–Crippen MR) is 117 cm³/mol. The Balaban J connectivity index is 1.83. The minimum absolute atomic E-state index is 0.0534. The maximum absolute atomic E-state index is 13.6. The van der Waals surface area contributed by atoms with Gasteiger partial charge in [0.25, 0.3) is 5.56 Å². The van der Waals surface area contributed by atoms with Crippen molar-refractivity contribution in [1.82, 2.24) is 14.4 Å². The molecule has 6 heteroatoms. The summed E-state index contributed by atoms with van der Waals surface area (Å²) in [5.41, 5.74) is 3.15. The summed E-state index contributed by atoms with van der Waals surface area (Å²) in [4.78, 5) is 18.2. The van der Waals surface area contributed by atoms with E-state index in [0.29, 0.717) is 23.6 Å². The van der Waals surface area contributed by atoms with Gasteiger partial charge in [-0.2, -0.15) is 0 Å². The van der Waals surface area contributed by atoms with Gasteiger partial charge >= 0.3 is 0 Å². The Morgan fingerprint density at radius 2 is 1.77 bits per heavy atom. The minimum Gasteiger partial charge on any atom is -0.507 e. The van der Waals surface area contributed by atoms with E-state index in [1.165, 1.54) is 5.56 Å². The zero-order chi connectivity index (χ0) is 21.3. The van der Waals surface area contributed by atoms with Gasteiger partial charge in [-0.15, -0.1) is 0 Å². The second-order valence-corrected chi connectivity index (χ2v) is 8.21. The van der Waals surface area contributed by atoms with Crippen molar-refractivity contribution in [2.45, 2.75) is 26.4 Å². The van der Waals surface area contributed by atoms with Gasteiger partial charge in [-0.3, -0.25) is 9.69 Å². The van der Waals surface area contributed by atoms with Crippen LogP contribution in [0.5, 0.6) is 5.75 Å². The molecule has 0 bridgehead atoms. The first kappa shape index (κ1) is 20.4. The molecule has 0 spiro atoms. The largest absolute Gasteiger partial charge is 0.507 e. The summed E-state index contributed by atoms with van der Waals surface area (Å²) in [5, 5.41) is 10.9. The Kier molecular flexibility index (Phi) is 5.79. The van der Waals surface area contributed by atoms with E-state index in [1.807, 2.05) is 26.0 Å². The first-order valence-electron chi connectivity index (χ1n) is 10.4. The van der Waals surface area contributed by atoms with Crippen molar-refractivity contribution < 1.29 is 9.52 Å². The topological polar surface area (TPSA) is 61.9 Å². The highest BCUT2D eigenvalue weighted by Gasteiger charge is 2.31. The summed E-state index contributed by atoms with van der Waals surface area (Å²) in [7, 11) is 2.11. The molecule has 0 radical (unpaired) electrons. The van der Waals surface area contributed by atoms with Crippen LogP contribution in [0.2, 0.25) is 0 Å². The Morgan fingerprint density at radius 3 is 2.40 bits per heavy atom. The van der Waals surface area contributed by atoms with Crippen molar-refractivity contribution in [3.05, 3.63) is 87.2 Å². The molecule has 1 saturated heterocycles. The lowest BCUT2D eigenvalue weighted by molar-refractivity contribution is 0.125. The molecule has 1 aliphatic rings. The quantitative estimate of drug-likeness (QED) is 0.704. The van der Waals surface area contributed by atoms with Gasteiger partial charge in [-0.25, -0.2) is 0 Å². The van der Waals surface area contributed by atoms with Gasteiger partial charge in [0.2, 0.25) is 0 Å². The van der Waals surface area contributed by atoms with Crippen molar-refractivity contribution in [3.63, 3.8) is 0 Å². The third-order valence-electron chi connectivity index (χ3n) is 5.99. The maximum Gasteiger partial charge on any atom is 0.260 e. The fourth-order valence-corrected chi connectivity index (χ4v) is 4.17. The zero-order valence-electron chi connectivity index (χ0n) is 17.8. The summed E-state index contributed by atoms with van der Waals surface area (Å²) >= 11 is 0. The van der Waals surface area contributed by atoms with Gasteiger partial charge in [0.05, 0.1) is 24.4 Å². The molecule has 158 valence electrons. The standard InChI is InChI=1S/C24H29N3O3/c1-17-6-8-19(9-7-17)23(26-12-10-25(3)11-13-26)22-21(28)15-18(2)27(24(22)29)16-20-5-4-14-30-20/h4-9,14-15,23,28H,10-13,16H2,1-3H3/t23-/m1/s1. The normalized spacial score (nSPS) is 16.6. The Morgan fingerprint density at radius 1 is 1.07 bits per heavy atom. The van der Waals surface area contributed by atoms with Crippen molar-refractivity contribution in [2.24, 2.45) is 0 Å². The Labute approximate surface area is 177 Å². The summed E-state index contributed by atoms with van der Waals surface area (Å²) in [6, 6.07) is 13.3. The number of rotatable bonds is 5. The van der Waals surface area contributed by atoms with Crippen LogP contribution in [-0.4, -0.2) is 52.7 Å². The molecule has 1 atom stereocenters. The Hall–Kier alpha value is -2.83. The Bertz CT molecular complexity index is 1050. The highest BCUT2D eigenvalue weighted by Crippen LogP contribution is 2.33. The van der Waals surface area contributed by atoms with E-state index in [-0.39, 0.29) is 17.4 Å². The molecule has 4 rings (SSSR count). The third kappa shape index (κ3) is 4.06. The second kappa shape index (κ2) is 8.50. The molecule has 2 aromatic heterocycles. The summed E-state index contributed by atoms with van der Waals surface area (Å²) in [5.74, 6) is 0.765. The van der Waals surface area contributed by atoms with E-state index in [2.05, 4.69) is 41.1 Å². The van der Waals surface area contributed by atoms with Crippen LogP contribution < -0.4 is 5.56 Å². The number of benzene rings is 1. The number of likely N-dealkylation sites (N-methyl/N-ethyl adjacent to an activating group) is 1. The van der Waals surface area contributed by atoms with Gasteiger partial charge in [-0.1, -0.05) is 29.8 Å². The lowest BCUT2D eigenvalue weighted by Crippen LogP contribution is -2.47. The zero-order valence-corrected chi connectivity index (χ0v) is 17.8. The minimum atomic E-state index is -0.296. The van der Waals surface area contributed by atoms with Crippen LogP contribution in [0, 0.1) is 13.8 Å². The lowest BCUT2D eigenvalue weighted by Gasteiger charge is -2.38. The molecule has 0 amide bonds. The SMILES string of the molecule is Cc1ccc([C@H](c2c(O)cc(C)n(Cc3ccco3)c2=O)N2CCN(C)CC2)cc1. The van der Waals surface area contributed by atoms with E-state index in [9.17, 15) is 9.90 Å². The van der Waals surface area contributed by atoms with Gasteiger partial charge in [0, 0.05) is 31.9 Å². The van der Waals surface area contributed by atoms with Crippen molar-refractivity contribution in [3.8, 4) is 5.75 Å². The highest BCUT2D eigenvalue weighted by molar-refractivity contribution is 5.41. The van der Waals surface area contributed by atoms with Crippen LogP contribution in [0.1, 0.15) is 34.2 Å². The molecule has 1 aromatic carbocycles. The maximum atomic E-state index is 13.6. The number of hydrogen-bond donors (Lipinski definition) is 1. The molecule has 0 saturated carbocycles. The number of aromatic hydroxyl groups is 1. The summed E-state index contributed by atoms with van der Waals surface area (Å²) in [6.45, 7) is 7.75. The number of nitrogens with zero attached hydrogens (tertiary/aromatic N) is 3. The molecule has 0 aliphatic carbocycles. The monoisotopic (exact) mass is 407 g/mol. The van der Waals surface area contributed by atoms with Gasteiger partial charge in [-0.05, 0) is 44.7 Å². The fourth-order valence-electron chi connectivity index (χ4n) is 4.17. The van der Waals surface area contributed by atoms with Crippen molar-refractivity contribution >= 4 is 0 Å². The summed E-state index contributed by atoms with van der Waals surface area (Å²) < 4.78 is 7.15. The molecule has 1 aliphatic heterocycles. The summed E-state index contributed by atoms with van der Waals surface area (Å²) in [6.07, 6.45) is 1.61. The van der Waals surface area contributed by atoms with Crippen LogP contribution in [0.15, 0.2) is 57.9 Å². The van der Waals surface area contributed by atoms with Gasteiger partial charge in [0.15, 0.2) is 0 Å². The molecule has 6 nitrogen and oxygen atoms in total. The van der Waals surface area contributed by atoms with Crippen LogP contribution >= 0.6 is 0 Å². The van der Waals surface area contributed by atoms with E-state index in [4.69, 9.17) is 4.42 Å². The van der Waals surface area contributed by atoms with Crippen molar-refractivity contribution in [2.75, 3.05) is 33.2 Å². The molecule has 1 fully saturated rings. The molecule has 30 heavy (non-hydrogen) atoms. The number of pyridine rings is 1. The molecule has 0 unspecified atom stereocenters.